The summed E-state index contributed by atoms with van der Waals surface area (Å²) in [4.78, 5) is 5.52. The van der Waals surface area contributed by atoms with E-state index in [0.717, 1.165) is 16.9 Å². The fourth-order valence-corrected chi connectivity index (χ4v) is 1.82. The maximum atomic E-state index is 5.86. The molecule has 0 radical (unpaired) electrons. The second-order valence-electron chi connectivity index (χ2n) is 3.17. The lowest BCUT2D eigenvalue weighted by Gasteiger charge is -2.04. The zero-order valence-electron chi connectivity index (χ0n) is 8.47. The molecule has 1 aromatic heterocycles. The second-order valence-corrected chi connectivity index (χ2v) is 4.05. The highest BCUT2D eigenvalue weighted by Crippen LogP contribution is 2.25. The van der Waals surface area contributed by atoms with E-state index in [1.807, 2.05) is 24.3 Å². The average Bonchev–Trinajstić information content (AvgIpc) is 2.30. The summed E-state index contributed by atoms with van der Waals surface area (Å²) in [7, 11) is 0. The largest absolute Gasteiger partial charge is 0.397 e. The molecule has 0 saturated carbocycles. The molecule has 2 nitrogen and oxygen atoms in total. The number of benzene rings is 1. The van der Waals surface area contributed by atoms with E-state index in [0.29, 0.717) is 0 Å². The van der Waals surface area contributed by atoms with E-state index in [9.17, 15) is 0 Å². The first-order valence-electron chi connectivity index (χ1n) is 4.66. The maximum Gasteiger partial charge on any atom is 0.0931 e. The molecular weight excluding hydrogens is 204 g/mol. The van der Waals surface area contributed by atoms with Crippen molar-refractivity contribution in [2.75, 3.05) is 12.0 Å². The Morgan fingerprint density at radius 3 is 2.47 bits per heavy atom. The van der Waals surface area contributed by atoms with Crippen LogP contribution in [-0.2, 0) is 0 Å². The van der Waals surface area contributed by atoms with Gasteiger partial charge in [-0.2, -0.15) is 0 Å². The topological polar surface area (TPSA) is 38.9 Å². The van der Waals surface area contributed by atoms with Gasteiger partial charge in [-0.25, -0.2) is 0 Å². The van der Waals surface area contributed by atoms with E-state index in [1.54, 1.807) is 18.0 Å². The number of nitrogens with two attached hydrogens (primary N) is 1. The second kappa shape index (κ2) is 4.36. The number of pyridine rings is 1. The predicted molar refractivity (Wildman–Crippen MR) is 65.9 cm³/mol. The summed E-state index contributed by atoms with van der Waals surface area (Å²) >= 11 is 1.73. The summed E-state index contributed by atoms with van der Waals surface area (Å²) in [6.45, 7) is 0. The van der Waals surface area contributed by atoms with Crippen LogP contribution in [-0.4, -0.2) is 11.2 Å². The van der Waals surface area contributed by atoms with Crippen molar-refractivity contribution < 1.29 is 0 Å². The SMILES string of the molecule is CSc1ccc(-c2ncccc2N)cc1. The van der Waals surface area contributed by atoms with Crippen LogP contribution in [0.5, 0.6) is 0 Å². The molecule has 0 unspecified atom stereocenters. The zero-order valence-corrected chi connectivity index (χ0v) is 9.29. The summed E-state index contributed by atoms with van der Waals surface area (Å²) in [5.74, 6) is 0. The molecule has 1 aromatic carbocycles. The van der Waals surface area contributed by atoms with Crippen LogP contribution in [0.1, 0.15) is 0 Å². The summed E-state index contributed by atoms with van der Waals surface area (Å²) < 4.78 is 0. The van der Waals surface area contributed by atoms with Crippen molar-refractivity contribution in [3.8, 4) is 11.3 Å². The summed E-state index contributed by atoms with van der Waals surface area (Å²) in [5.41, 5.74) is 8.49. The number of nitrogens with zero attached hydrogens (tertiary/aromatic N) is 1. The van der Waals surface area contributed by atoms with Crippen molar-refractivity contribution in [1.82, 2.24) is 4.98 Å². The number of hydrogen-bond acceptors (Lipinski definition) is 3. The van der Waals surface area contributed by atoms with Gasteiger partial charge in [0.2, 0.25) is 0 Å². The van der Waals surface area contributed by atoms with Gasteiger partial charge >= 0.3 is 0 Å². The van der Waals surface area contributed by atoms with Gasteiger partial charge in [0.25, 0.3) is 0 Å². The van der Waals surface area contributed by atoms with Gasteiger partial charge in [-0.15, -0.1) is 11.8 Å². The Kier molecular flexibility index (Phi) is 2.92. The lowest BCUT2D eigenvalue weighted by Crippen LogP contribution is -1.92. The first kappa shape index (κ1) is 10.1. The number of anilines is 1. The molecule has 0 aliphatic carbocycles. The van der Waals surface area contributed by atoms with E-state index in [2.05, 4.69) is 23.4 Å². The van der Waals surface area contributed by atoms with Crippen LogP contribution < -0.4 is 5.73 Å². The molecule has 76 valence electrons. The number of hydrogen-bond donors (Lipinski definition) is 1. The van der Waals surface area contributed by atoms with E-state index >= 15 is 0 Å². The minimum Gasteiger partial charge on any atom is -0.397 e. The van der Waals surface area contributed by atoms with Gasteiger partial charge in [0, 0.05) is 16.7 Å². The Morgan fingerprint density at radius 1 is 1.13 bits per heavy atom. The van der Waals surface area contributed by atoms with Crippen LogP contribution in [0.2, 0.25) is 0 Å². The molecule has 2 rings (SSSR count). The molecule has 0 amide bonds. The van der Waals surface area contributed by atoms with Gasteiger partial charge < -0.3 is 5.73 Å². The number of thioether (sulfide) groups is 1. The van der Waals surface area contributed by atoms with Crippen LogP contribution in [0.25, 0.3) is 11.3 Å². The summed E-state index contributed by atoms with van der Waals surface area (Å²) in [6.07, 6.45) is 3.82. The minimum absolute atomic E-state index is 0.717. The van der Waals surface area contributed by atoms with Gasteiger partial charge in [0.1, 0.15) is 0 Å². The third-order valence-corrected chi connectivity index (χ3v) is 2.95. The summed E-state index contributed by atoms with van der Waals surface area (Å²) in [5, 5.41) is 0. The molecule has 0 fully saturated rings. The quantitative estimate of drug-likeness (QED) is 0.784. The molecular formula is C12H12N2S. The van der Waals surface area contributed by atoms with E-state index in [1.165, 1.54) is 4.90 Å². The maximum absolute atomic E-state index is 5.86. The molecule has 2 N–H and O–H groups in total. The highest BCUT2D eigenvalue weighted by atomic mass is 32.2. The minimum atomic E-state index is 0.717. The molecule has 1 heterocycles. The van der Waals surface area contributed by atoms with Crippen molar-refractivity contribution in [2.24, 2.45) is 0 Å². The number of aromatic nitrogens is 1. The average molecular weight is 216 g/mol. The lowest BCUT2D eigenvalue weighted by molar-refractivity contribution is 1.32. The molecule has 0 aliphatic rings. The molecule has 15 heavy (non-hydrogen) atoms. The van der Waals surface area contributed by atoms with Crippen LogP contribution in [0, 0.1) is 0 Å². The lowest BCUT2D eigenvalue weighted by atomic mass is 10.1. The molecule has 2 aromatic rings. The third-order valence-electron chi connectivity index (χ3n) is 2.20. The van der Waals surface area contributed by atoms with E-state index in [4.69, 9.17) is 5.73 Å². The normalized spacial score (nSPS) is 10.2. The van der Waals surface area contributed by atoms with Gasteiger partial charge in [0.15, 0.2) is 0 Å². The highest BCUT2D eigenvalue weighted by molar-refractivity contribution is 7.98. The molecule has 0 bridgehead atoms. The first-order chi connectivity index (χ1) is 7.31. The van der Waals surface area contributed by atoms with Gasteiger partial charge in [0.05, 0.1) is 11.4 Å². The molecule has 0 spiro atoms. The number of nitrogen functional groups attached to an aromatic ring is 1. The third kappa shape index (κ3) is 2.13. The molecule has 0 atom stereocenters. The van der Waals surface area contributed by atoms with Gasteiger partial charge in [-0.1, -0.05) is 12.1 Å². The fourth-order valence-electron chi connectivity index (χ4n) is 1.41. The molecule has 3 heteroatoms. The van der Waals surface area contributed by atoms with Crippen LogP contribution in [0.3, 0.4) is 0 Å². The predicted octanol–water partition coefficient (Wildman–Crippen LogP) is 3.05. The van der Waals surface area contributed by atoms with Crippen LogP contribution >= 0.6 is 11.8 Å². The first-order valence-corrected chi connectivity index (χ1v) is 5.88. The standard InChI is InChI=1S/C12H12N2S/c1-15-10-6-4-9(5-7-10)12-11(13)3-2-8-14-12/h2-8H,13H2,1H3. The van der Waals surface area contributed by atoms with Gasteiger partial charge in [-0.05, 0) is 30.5 Å². The Hall–Kier alpha value is -1.48. The fraction of sp³-hybridized carbons (Fsp3) is 0.0833. The van der Waals surface area contributed by atoms with Crippen molar-refractivity contribution in [2.45, 2.75) is 4.90 Å². The van der Waals surface area contributed by atoms with E-state index in [-0.39, 0.29) is 0 Å². The van der Waals surface area contributed by atoms with Crippen LogP contribution in [0.4, 0.5) is 5.69 Å². The van der Waals surface area contributed by atoms with Crippen LogP contribution in [0.15, 0.2) is 47.5 Å². The van der Waals surface area contributed by atoms with Gasteiger partial charge in [-0.3, -0.25) is 4.98 Å². The van der Waals surface area contributed by atoms with Crippen molar-refractivity contribution in [1.29, 1.82) is 0 Å². The zero-order chi connectivity index (χ0) is 10.7. The smallest absolute Gasteiger partial charge is 0.0931 e. The Bertz CT molecular complexity index is 451. The Morgan fingerprint density at radius 2 is 1.87 bits per heavy atom. The monoisotopic (exact) mass is 216 g/mol. The molecule has 0 saturated heterocycles. The van der Waals surface area contributed by atoms with Crippen molar-refractivity contribution >= 4 is 17.4 Å². The van der Waals surface area contributed by atoms with Crippen molar-refractivity contribution in [3.63, 3.8) is 0 Å². The van der Waals surface area contributed by atoms with E-state index < -0.39 is 0 Å². The van der Waals surface area contributed by atoms with Crippen molar-refractivity contribution in [3.05, 3.63) is 42.6 Å². The molecule has 0 aliphatic heterocycles. The Balaban J connectivity index is 2.42. The summed E-state index contributed by atoms with van der Waals surface area (Å²) in [6, 6.07) is 12.0. The number of rotatable bonds is 2. The highest BCUT2D eigenvalue weighted by Gasteiger charge is 2.02. The Labute approximate surface area is 93.5 Å².